The highest BCUT2D eigenvalue weighted by molar-refractivity contribution is 7.88. The molecular formula is C27H31ClN2O4S. The first kappa shape index (κ1) is 25.5. The topological polar surface area (TPSA) is 91.4 Å². The van der Waals surface area contributed by atoms with Gasteiger partial charge in [-0.1, -0.05) is 61.3 Å². The molecule has 0 saturated heterocycles. The molecule has 0 spiro atoms. The van der Waals surface area contributed by atoms with Crippen molar-refractivity contribution in [2.75, 3.05) is 12.9 Å². The van der Waals surface area contributed by atoms with Gasteiger partial charge in [-0.05, 0) is 60.4 Å². The molecule has 0 fully saturated rings. The SMILES string of the molecule is CCCCc1ccc(OCCCc2c(C(O)NS(C)(=O)=O)[nH]c3cccc(Cl)c23)c2ccccc12. The summed E-state index contributed by atoms with van der Waals surface area (Å²) in [5.74, 6) is 0.844. The number of hydrogen-bond acceptors (Lipinski definition) is 4. The Kier molecular flexibility index (Phi) is 8.02. The first-order chi connectivity index (χ1) is 16.8. The number of ether oxygens (including phenoxy) is 1. The second kappa shape index (κ2) is 11.0. The minimum absolute atomic E-state index is 0.393. The number of aliphatic hydroxyl groups is 1. The molecule has 6 nitrogen and oxygen atoms in total. The van der Waals surface area contributed by atoms with Crippen LogP contribution < -0.4 is 9.46 Å². The molecule has 186 valence electrons. The molecule has 3 N–H and O–H groups in total. The molecule has 1 aromatic heterocycles. The number of sulfonamides is 1. The Hall–Kier alpha value is -2.58. The lowest BCUT2D eigenvalue weighted by atomic mass is 9.99. The van der Waals surface area contributed by atoms with E-state index in [1.54, 1.807) is 6.07 Å². The largest absolute Gasteiger partial charge is 0.493 e. The van der Waals surface area contributed by atoms with Gasteiger partial charge in [0.25, 0.3) is 0 Å². The Bertz CT molecular complexity index is 1430. The maximum absolute atomic E-state index is 11.7. The summed E-state index contributed by atoms with van der Waals surface area (Å²) in [5.41, 5.74) is 3.24. The minimum atomic E-state index is -3.61. The Balaban J connectivity index is 1.53. The molecule has 8 heteroatoms. The molecule has 0 aliphatic heterocycles. The third-order valence-electron chi connectivity index (χ3n) is 6.11. The number of aryl methyl sites for hydroxylation is 2. The highest BCUT2D eigenvalue weighted by Crippen LogP contribution is 2.33. The number of H-pyrrole nitrogens is 1. The van der Waals surface area contributed by atoms with Crippen molar-refractivity contribution in [2.24, 2.45) is 0 Å². The molecule has 0 bridgehead atoms. The Morgan fingerprint density at radius 2 is 1.80 bits per heavy atom. The van der Waals surface area contributed by atoms with Crippen molar-refractivity contribution in [3.63, 3.8) is 0 Å². The number of aliphatic hydroxyl groups excluding tert-OH is 1. The number of halogens is 1. The van der Waals surface area contributed by atoms with Gasteiger partial charge < -0.3 is 14.8 Å². The van der Waals surface area contributed by atoms with Gasteiger partial charge >= 0.3 is 0 Å². The molecule has 1 atom stereocenters. The molecule has 3 aromatic carbocycles. The zero-order valence-electron chi connectivity index (χ0n) is 20.0. The lowest BCUT2D eigenvalue weighted by Gasteiger charge is -2.14. The van der Waals surface area contributed by atoms with E-state index >= 15 is 0 Å². The Morgan fingerprint density at radius 3 is 2.54 bits per heavy atom. The normalized spacial score (nSPS) is 12.9. The Labute approximate surface area is 211 Å². The van der Waals surface area contributed by atoms with E-state index in [1.807, 2.05) is 24.3 Å². The van der Waals surface area contributed by atoms with Crippen LogP contribution in [0.15, 0.2) is 54.6 Å². The van der Waals surface area contributed by atoms with Gasteiger partial charge in [0.15, 0.2) is 6.23 Å². The van der Waals surface area contributed by atoms with Crippen LogP contribution in [0.25, 0.3) is 21.7 Å². The summed E-state index contributed by atoms with van der Waals surface area (Å²) in [6.07, 6.45) is 4.17. The standard InChI is InChI=1S/C27H31ClN2O4S/c1-3-4-9-18-15-16-24(20-11-6-5-10-19(18)20)34-17-8-12-21-25-22(28)13-7-14-23(25)29-26(21)27(31)30-35(2,32)33/h5-7,10-11,13-16,27,29-31H,3-4,8-9,12,17H2,1-2H3. The highest BCUT2D eigenvalue weighted by atomic mass is 35.5. The van der Waals surface area contributed by atoms with Crippen LogP contribution in [0, 0.1) is 0 Å². The number of aromatic nitrogens is 1. The summed E-state index contributed by atoms with van der Waals surface area (Å²) in [4.78, 5) is 3.13. The van der Waals surface area contributed by atoms with Gasteiger partial charge in [0.2, 0.25) is 10.0 Å². The van der Waals surface area contributed by atoms with Crippen LogP contribution in [-0.2, 0) is 22.9 Å². The van der Waals surface area contributed by atoms with Crippen LogP contribution >= 0.6 is 11.6 Å². The summed E-state index contributed by atoms with van der Waals surface area (Å²) in [6, 6.07) is 17.9. The summed E-state index contributed by atoms with van der Waals surface area (Å²) < 4.78 is 31.8. The molecule has 1 heterocycles. The van der Waals surface area contributed by atoms with E-state index in [0.29, 0.717) is 30.2 Å². The molecular weight excluding hydrogens is 484 g/mol. The fourth-order valence-corrected chi connectivity index (χ4v) is 5.33. The second-order valence-electron chi connectivity index (χ2n) is 8.80. The van der Waals surface area contributed by atoms with Crippen molar-refractivity contribution < 1.29 is 18.3 Å². The Morgan fingerprint density at radius 1 is 1.03 bits per heavy atom. The number of aromatic amines is 1. The van der Waals surface area contributed by atoms with Gasteiger partial charge in [0.05, 0.1) is 23.6 Å². The van der Waals surface area contributed by atoms with Crippen molar-refractivity contribution in [3.05, 3.63) is 76.4 Å². The minimum Gasteiger partial charge on any atom is -0.493 e. The summed E-state index contributed by atoms with van der Waals surface area (Å²) in [5, 5.41) is 14.2. The monoisotopic (exact) mass is 514 g/mol. The van der Waals surface area contributed by atoms with Crippen molar-refractivity contribution in [1.29, 1.82) is 0 Å². The van der Waals surface area contributed by atoms with Gasteiger partial charge in [0, 0.05) is 16.3 Å². The average molecular weight is 515 g/mol. The fraction of sp³-hybridized carbons (Fsp3) is 0.333. The van der Waals surface area contributed by atoms with Gasteiger partial charge in [-0.25, -0.2) is 8.42 Å². The van der Waals surface area contributed by atoms with Crippen molar-refractivity contribution >= 4 is 43.3 Å². The van der Waals surface area contributed by atoms with Crippen LogP contribution in [0.1, 0.15) is 49.2 Å². The summed E-state index contributed by atoms with van der Waals surface area (Å²) in [6.45, 7) is 2.66. The van der Waals surface area contributed by atoms with E-state index < -0.39 is 16.3 Å². The van der Waals surface area contributed by atoms with Gasteiger partial charge in [0.1, 0.15) is 5.75 Å². The first-order valence-electron chi connectivity index (χ1n) is 11.9. The zero-order valence-corrected chi connectivity index (χ0v) is 21.5. The summed E-state index contributed by atoms with van der Waals surface area (Å²) in [7, 11) is -3.61. The maximum atomic E-state index is 11.7. The van der Waals surface area contributed by atoms with Crippen LogP contribution in [0.5, 0.6) is 5.75 Å². The second-order valence-corrected chi connectivity index (χ2v) is 11.0. The predicted octanol–water partition coefficient (Wildman–Crippen LogP) is 5.87. The molecule has 35 heavy (non-hydrogen) atoms. The van der Waals surface area contributed by atoms with Gasteiger partial charge in [-0.3, -0.25) is 0 Å². The van der Waals surface area contributed by atoms with Gasteiger partial charge in [-0.15, -0.1) is 0 Å². The number of benzene rings is 3. The number of nitrogens with one attached hydrogen (secondary N) is 2. The first-order valence-corrected chi connectivity index (χ1v) is 14.1. The lowest BCUT2D eigenvalue weighted by Crippen LogP contribution is -2.28. The molecule has 0 saturated carbocycles. The molecule has 0 aliphatic carbocycles. The fourth-order valence-electron chi connectivity index (χ4n) is 4.52. The molecule has 0 amide bonds. The van der Waals surface area contributed by atoms with Crippen molar-refractivity contribution in [1.82, 2.24) is 9.71 Å². The molecule has 1 unspecified atom stereocenters. The number of fused-ring (bicyclic) bond motifs is 2. The van der Waals surface area contributed by atoms with Gasteiger partial charge in [-0.2, -0.15) is 4.72 Å². The molecule has 4 aromatic rings. The predicted molar refractivity (Wildman–Crippen MR) is 143 cm³/mol. The van der Waals surface area contributed by atoms with E-state index in [9.17, 15) is 13.5 Å². The third-order valence-corrected chi connectivity index (χ3v) is 7.08. The average Bonchev–Trinajstić information content (AvgIpc) is 3.20. The van der Waals surface area contributed by atoms with E-state index in [4.69, 9.17) is 16.3 Å². The number of hydrogen-bond donors (Lipinski definition) is 3. The molecule has 0 aliphatic rings. The highest BCUT2D eigenvalue weighted by Gasteiger charge is 2.22. The van der Waals surface area contributed by atoms with Crippen LogP contribution in [0.2, 0.25) is 5.02 Å². The number of unbranched alkanes of at least 4 members (excludes halogenated alkanes) is 1. The van der Waals surface area contributed by atoms with E-state index in [0.717, 1.165) is 53.1 Å². The van der Waals surface area contributed by atoms with E-state index in [-0.39, 0.29) is 0 Å². The van der Waals surface area contributed by atoms with Crippen LogP contribution in [0.4, 0.5) is 0 Å². The third kappa shape index (κ3) is 5.98. The number of rotatable bonds is 11. The quantitative estimate of drug-likeness (QED) is 0.172. The van der Waals surface area contributed by atoms with E-state index in [1.165, 1.54) is 10.9 Å². The zero-order chi connectivity index (χ0) is 25.0. The van der Waals surface area contributed by atoms with Crippen molar-refractivity contribution in [2.45, 2.75) is 45.3 Å². The molecule has 4 rings (SSSR count). The smallest absolute Gasteiger partial charge is 0.211 e. The van der Waals surface area contributed by atoms with Crippen molar-refractivity contribution in [3.8, 4) is 5.75 Å². The lowest BCUT2D eigenvalue weighted by molar-refractivity contribution is 0.161. The summed E-state index contributed by atoms with van der Waals surface area (Å²) >= 11 is 6.47. The maximum Gasteiger partial charge on any atom is 0.211 e. The van der Waals surface area contributed by atoms with Crippen LogP contribution in [0.3, 0.4) is 0 Å². The molecule has 0 radical (unpaired) electrons. The van der Waals surface area contributed by atoms with Crippen LogP contribution in [-0.4, -0.2) is 31.4 Å². The van der Waals surface area contributed by atoms with E-state index in [2.05, 4.69) is 40.9 Å².